The van der Waals surface area contributed by atoms with Crippen molar-refractivity contribution >= 4 is 23.5 Å². The van der Waals surface area contributed by atoms with Crippen molar-refractivity contribution < 1.29 is 23.8 Å². The fourth-order valence-electron chi connectivity index (χ4n) is 2.27. The van der Waals surface area contributed by atoms with E-state index < -0.39 is 5.97 Å². The Kier molecular flexibility index (Phi) is 7.29. The molecular formula is C19H20ClNO5. The lowest BCUT2D eigenvalue weighted by Gasteiger charge is -2.10. The van der Waals surface area contributed by atoms with Gasteiger partial charge in [0.15, 0.2) is 18.1 Å². The first-order valence-electron chi connectivity index (χ1n) is 7.93. The van der Waals surface area contributed by atoms with Crippen LogP contribution in [-0.2, 0) is 16.0 Å². The van der Waals surface area contributed by atoms with Gasteiger partial charge in [-0.1, -0.05) is 23.7 Å². The molecule has 0 saturated carbocycles. The minimum atomic E-state index is -0.615. The van der Waals surface area contributed by atoms with Gasteiger partial charge in [0.2, 0.25) is 0 Å². The van der Waals surface area contributed by atoms with Crippen LogP contribution in [0, 0.1) is 0 Å². The molecular weight excluding hydrogens is 358 g/mol. The lowest BCUT2D eigenvalue weighted by atomic mass is 10.1. The van der Waals surface area contributed by atoms with Crippen LogP contribution in [0.1, 0.15) is 15.9 Å². The Morgan fingerprint density at radius 3 is 2.50 bits per heavy atom. The van der Waals surface area contributed by atoms with Crippen LogP contribution in [0.2, 0.25) is 5.02 Å². The Bertz CT molecular complexity index is 778. The summed E-state index contributed by atoms with van der Waals surface area (Å²) in [4.78, 5) is 23.8. The summed E-state index contributed by atoms with van der Waals surface area (Å²) >= 11 is 5.91. The van der Waals surface area contributed by atoms with Gasteiger partial charge in [0.05, 0.1) is 19.8 Å². The second-order valence-corrected chi connectivity index (χ2v) is 5.81. The first-order chi connectivity index (χ1) is 12.5. The number of halogens is 1. The molecule has 138 valence electrons. The van der Waals surface area contributed by atoms with Crippen molar-refractivity contribution in [3.63, 3.8) is 0 Å². The highest BCUT2D eigenvalue weighted by Crippen LogP contribution is 2.27. The molecule has 0 unspecified atom stereocenters. The summed E-state index contributed by atoms with van der Waals surface area (Å²) in [6, 6.07) is 12.0. The topological polar surface area (TPSA) is 73.9 Å². The maximum atomic E-state index is 12.0. The molecule has 6 nitrogen and oxygen atoms in total. The van der Waals surface area contributed by atoms with E-state index in [1.54, 1.807) is 18.2 Å². The zero-order chi connectivity index (χ0) is 18.9. The number of carbonyl (C=O) groups excluding carboxylic acids is 2. The fraction of sp³-hybridized carbons (Fsp3) is 0.263. The van der Waals surface area contributed by atoms with Crippen LogP contribution in [0.4, 0.5) is 0 Å². The summed E-state index contributed by atoms with van der Waals surface area (Å²) in [5.74, 6) is -0.0764. The summed E-state index contributed by atoms with van der Waals surface area (Å²) < 4.78 is 15.3. The molecule has 0 aromatic heterocycles. The number of benzene rings is 2. The van der Waals surface area contributed by atoms with Gasteiger partial charge in [-0.25, -0.2) is 4.79 Å². The maximum absolute atomic E-state index is 12.0. The van der Waals surface area contributed by atoms with Crippen molar-refractivity contribution in [2.24, 2.45) is 0 Å². The van der Waals surface area contributed by atoms with Gasteiger partial charge in [-0.2, -0.15) is 0 Å². The average Bonchev–Trinajstić information content (AvgIpc) is 2.65. The van der Waals surface area contributed by atoms with E-state index in [2.05, 4.69) is 5.32 Å². The average molecular weight is 378 g/mol. The highest BCUT2D eigenvalue weighted by Gasteiger charge is 2.13. The number of nitrogens with one attached hydrogen (secondary N) is 1. The van der Waals surface area contributed by atoms with Gasteiger partial charge in [0.1, 0.15) is 0 Å². The van der Waals surface area contributed by atoms with Gasteiger partial charge in [-0.15, -0.1) is 0 Å². The lowest BCUT2D eigenvalue weighted by molar-refractivity contribution is -0.124. The third kappa shape index (κ3) is 5.67. The van der Waals surface area contributed by atoms with Crippen LogP contribution < -0.4 is 14.8 Å². The van der Waals surface area contributed by atoms with Crippen molar-refractivity contribution in [2.75, 3.05) is 27.4 Å². The molecule has 0 aliphatic heterocycles. The van der Waals surface area contributed by atoms with Crippen LogP contribution in [-0.4, -0.2) is 39.2 Å². The van der Waals surface area contributed by atoms with E-state index >= 15 is 0 Å². The summed E-state index contributed by atoms with van der Waals surface area (Å²) in [6.45, 7) is 0.0653. The third-order valence-electron chi connectivity index (χ3n) is 3.58. The van der Waals surface area contributed by atoms with Gasteiger partial charge >= 0.3 is 5.97 Å². The van der Waals surface area contributed by atoms with Gasteiger partial charge in [-0.05, 0) is 42.3 Å². The molecule has 2 aromatic carbocycles. The minimum Gasteiger partial charge on any atom is -0.493 e. The lowest BCUT2D eigenvalue weighted by Crippen LogP contribution is -2.30. The van der Waals surface area contributed by atoms with Crippen LogP contribution in [0.5, 0.6) is 11.5 Å². The van der Waals surface area contributed by atoms with E-state index in [0.717, 1.165) is 5.56 Å². The maximum Gasteiger partial charge on any atom is 0.338 e. The van der Waals surface area contributed by atoms with Crippen molar-refractivity contribution in [3.8, 4) is 11.5 Å². The molecule has 26 heavy (non-hydrogen) atoms. The molecule has 0 spiro atoms. The summed E-state index contributed by atoms with van der Waals surface area (Å²) in [6.07, 6.45) is 0.635. The summed E-state index contributed by atoms with van der Waals surface area (Å²) in [5.41, 5.74) is 1.29. The smallest absolute Gasteiger partial charge is 0.338 e. The summed E-state index contributed by atoms with van der Waals surface area (Å²) in [7, 11) is 2.98. The highest BCUT2D eigenvalue weighted by molar-refractivity contribution is 6.30. The molecule has 0 aliphatic rings. The second-order valence-electron chi connectivity index (χ2n) is 5.38. The third-order valence-corrected chi connectivity index (χ3v) is 3.81. The van der Waals surface area contributed by atoms with Crippen molar-refractivity contribution in [1.82, 2.24) is 5.32 Å². The predicted octanol–water partition coefficient (Wildman–Crippen LogP) is 2.87. The van der Waals surface area contributed by atoms with E-state index in [0.29, 0.717) is 29.5 Å². The molecule has 2 aromatic rings. The monoisotopic (exact) mass is 377 g/mol. The van der Waals surface area contributed by atoms with Crippen LogP contribution >= 0.6 is 11.6 Å². The standard InChI is InChI=1S/C19H20ClNO5/c1-24-16-7-6-14(11-17(16)25-2)19(23)26-12-18(22)21-9-8-13-4-3-5-15(20)10-13/h3-7,10-11H,8-9,12H2,1-2H3,(H,21,22). The van der Waals surface area contributed by atoms with E-state index in [9.17, 15) is 9.59 Å². The molecule has 0 saturated heterocycles. The number of methoxy groups -OCH3 is 2. The Morgan fingerprint density at radius 1 is 1.04 bits per heavy atom. The number of hydrogen-bond donors (Lipinski definition) is 1. The van der Waals surface area contributed by atoms with E-state index in [4.69, 9.17) is 25.8 Å². The first-order valence-corrected chi connectivity index (χ1v) is 8.31. The van der Waals surface area contributed by atoms with Crippen LogP contribution in [0.15, 0.2) is 42.5 Å². The number of rotatable bonds is 8. The molecule has 0 atom stereocenters. The molecule has 7 heteroatoms. The Hall–Kier alpha value is -2.73. The van der Waals surface area contributed by atoms with E-state index in [-0.39, 0.29) is 18.1 Å². The van der Waals surface area contributed by atoms with E-state index in [1.165, 1.54) is 20.3 Å². The van der Waals surface area contributed by atoms with E-state index in [1.807, 2.05) is 18.2 Å². The van der Waals surface area contributed by atoms with Crippen molar-refractivity contribution in [3.05, 3.63) is 58.6 Å². The molecule has 1 N–H and O–H groups in total. The number of ether oxygens (including phenoxy) is 3. The quantitative estimate of drug-likeness (QED) is 0.716. The molecule has 0 bridgehead atoms. The number of amides is 1. The van der Waals surface area contributed by atoms with Gasteiger partial charge in [-0.3, -0.25) is 4.79 Å². The minimum absolute atomic E-state index is 0.273. The molecule has 0 fully saturated rings. The van der Waals surface area contributed by atoms with Gasteiger partial charge < -0.3 is 19.5 Å². The van der Waals surface area contributed by atoms with Crippen LogP contribution in [0.25, 0.3) is 0 Å². The second kappa shape index (κ2) is 9.68. The van der Waals surface area contributed by atoms with Crippen molar-refractivity contribution in [2.45, 2.75) is 6.42 Å². The number of esters is 1. The largest absolute Gasteiger partial charge is 0.493 e. The fourth-order valence-corrected chi connectivity index (χ4v) is 2.48. The van der Waals surface area contributed by atoms with Crippen molar-refractivity contribution in [1.29, 1.82) is 0 Å². The normalized spacial score (nSPS) is 10.1. The van der Waals surface area contributed by atoms with Gasteiger partial charge in [0, 0.05) is 11.6 Å². The molecule has 1 amide bonds. The Morgan fingerprint density at radius 2 is 1.81 bits per heavy atom. The predicted molar refractivity (Wildman–Crippen MR) is 98.0 cm³/mol. The highest BCUT2D eigenvalue weighted by atomic mass is 35.5. The molecule has 0 heterocycles. The molecule has 0 aliphatic carbocycles. The van der Waals surface area contributed by atoms with Crippen LogP contribution in [0.3, 0.4) is 0 Å². The number of carbonyl (C=O) groups is 2. The Labute approximate surface area is 157 Å². The van der Waals surface area contributed by atoms with Gasteiger partial charge in [0.25, 0.3) is 5.91 Å². The SMILES string of the molecule is COc1ccc(C(=O)OCC(=O)NCCc2cccc(Cl)c2)cc1OC. The Balaban J connectivity index is 1.78. The first kappa shape index (κ1) is 19.6. The zero-order valence-corrected chi connectivity index (χ0v) is 15.3. The molecule has 2 rings (SSSR count). The number of hydrogen-bond acceptors (Lipinski definition) is 5. The molecule has 0 radical (unpaired) electrons. The summed E-state index contributed by atoms with van der Waals surface area (Å²) in [5, 5.41) is 3.34. The zero-order valence-electron chi connectivity index (χ0n) is 14.6.